The van der Waals surface area contributed by atoms with Crippen molar-refractivity contribution in [3.8, 4) is 11.8 Å². The number of nitriles is 1. The summed E-state index contributed by atoms with van der Waals surface area (Å²) in [7, 11) is 0. The number of nitro groups is 1. The zero-order chi connectivity index (χ0) is 18.2. The van der Waals surface area contributed by atoms with Crippen LogP contribution in [0.1, 0.15) is 18.1 Å². The van der Waals surface area contributed by atoms with Gasteiger partial charge < -0.3 is 4.74 Å². The van der Waals surface area contributed by atoms with Crippen molar-refractivity contribution in [2.45, 2.75) is 13.0 Å². The molecule has 8 heteroatoms. The Morgan fingerprint density at radius 2 is 2.00 bits per heavy atom. The van der Waals surface area contributed by atoms with E-state index in [1.54, 1.807) is 36.4 Å². The minimum absolute atomic E-state index is 0.109. The molecule has 0 saturated heterocycles. The van der Waals surface area contributed by atoms with Crippen molar-refractivity contribution >= 4 is 17.8 Å². The highest BCUT2D eigenvalue weighted by molar-refractivity contribution is 5.87. The highest BCUT2D eigenvalue weighted by Crippen LogP contribution is 2.15. The van der Waals surface area contributed by atoms with Gasteiger partial charge >= 0.3 is 0 Å². The Kier molecular flexibility index (Phi) is 5.79. The van der Waals surface area contributed by atoms with E-state index in [9.17, 15) is 14.9 Å². The first-order valence-corrected chi connectivity index (χ1v) is 7.24. The Hall–Kier alpha value is -3.73. The van der Waals surface area contributed by atoms with Crippen LogP contribution < -0.4 is 10.2 Å². The molecule has 0 saturated carbocycles. The van der Waals surface area contributed by atoms with Crippen LogP contribution in [-0.2, 0) is 4.79 Å². The Morgan fingerprint density at radius 3 is 2.64 bits per heavy atom. The number of hydrogen-bond donors (Lipinski definition) is 1. The Bertz CT molecular complexity index is 840. The van der Waals surface area contributed by atoms with E-state index in [2.05, 4.69) is 10.5 Å². The van der Waals surface area contributed by atoms with E-state index in [4.69, 9.17) is 10.00 Å². The number of nitrogens with one attached hydrogen (secondary N) is 1. The largest absolute Gasteiger partial charge is 0.481 e. The first-order chi connectivity index (χ1) is 12.0. The summed E-state index contributed by atoms with van der Waals surface area (Å²) in [6.45, 7) is 1.54. The van der Waals surface area contributed by atoms with Crippen molar-refractivity contribution in [3.05, 3.63) is 69.8 Å². The molecule has 2 aromatic carbocycles. The van der Waals surface area contributed by atoms with Crippen molar-refractivity contribution < 1.29 is 14.5 Å². The molecule has 2 rings (SSSR count). The number of hydrogen-bond acceptors (Lipinski definition) is 6. The smallest absolute Gasteiger partial charge is 0.280 e. The topological polar surface area (TPSA) is 118 Å². The van der Waals surface area contributed by atoms with Crippen LogP contribution in [0.2, 0.25) is 0 Å². The van der Waals surface area contributed by atoms with Gasteiger partial charge in [0, 0.05) is 6.07 Å². The molecular weight excluding hydrogens is 324 g/mol. The van der Waals surface area contributed by atoms with E-state index in [0.717, 1.165) is 0 Å². The molecule has 0 radical (unpaired) electrons. The number of nitrogens with zero attached hydrogens (tertiary/aromatic N) is 3. The highest BCUT2D eigenvalue weighted by Gasteiger charge is 2.14. The fourth-order valence-electron chi connectivity index (χ4n) is 1.88. The zero-order valence-electron chi connectivity index (χ0n) is 13.2. The number of carbonyl (C=O) groups excluding carboxylic acids is 1. The number of benzene rings is 2. The molecule has 1 N–H and O–H groups in total. The molecule has 1 amide bonds. The van der Waals surface area contributed by atoms with E-state index in [1.807, 2.05) is 6.07 Å². The van der Waals surface area contributed by atoms with Gasteiger partial charge in [-0.05, 0) is 37.3 Å². The number of carbonyl (C=O) groups is 1. The maximum atomic E-state index is 11.9. The third-order valence-electron chi connectivity index (χ3n) is 3.18. The van der Waals surface area contributed by atoms with Crippen molar-refractivity contribution in [1.29, 1.82) is 5.26 Å². The number of ether oxygens (including phenoxy) is 1. The molecule has 8 nitrogen and oxygen atoms in total. The van der Waals surface area contributed by atoms with Gasteiger partial charge in [0.05, 0.1) is 28.3 Å². The summed E-state index contributed by atoms with van der Waals surface area (Å²) in [6.07, 6.45) is 0.362. The van der Waals surface area contributed by atoms with Crippen LogP contribution in [-0.4, -0.2) is 23.1 Å². The molecule has 0 aliphatic heterocycles. The second-order valence-corrected chi connectivity index (χ2v) is 4.95. The van der Waals surface area contributed by atoms with Gasteiger partial charge in [-0.15, -0.1) is 0 Å². The molecule has 0 spiro atoms. The minimum Gasteiger partial charge on any atom is -0.481 e. The fourth-order valence-corrected chi connectivity index (χ4v) is 1.88. The van der Waals surface area contributed by atoms with Gasteiger partial charge in [0.2, 0.25) is 0 Å². The number of para-hydroxylation sites is 1. The number of amides is 1. The monoisotopic (exact) mass is 338 g/mol. The van der Waals surface area contributed by atoms with Gasteiger partial charge in [0.25, 0.3) is 11.6 Å². The lowest BCUT2D eigenvalue weighted by Crippen LogP contribution is -2.33. The summed E-state index contributed by atoms with van der Waals surface area (Å²) in [5.74, 6) is -0.0801. The quantitative estimate of drug-likeness (QED) is 0.493. The van der Waals surface area contributed by atoms with Crippen LogP contribution in [0.25, 0.3) is 0 Å². The third-order valence-corrected chi connectivity index (χ3v) is 3.18. The van der Waals surface area contributed by atoms with Crippen molar-refractivity contribution in [3.63, 3.8) is 0 Å². The van der Waals surface area contributed by atoms with E-state index >= 15 is 0 Å². The first kappa shape index (κ1) is 17.6. The summed E-state index contributed by atoms with van der Waals surface area (Å²) >= 11 is 0. The van der Waals surface area contributed by atoms with Crippen LogP contribution in [0.5, 0.6) is 5.75 Å². The molecule has 0 bridgehead atoms. The van der Waals surface area contributed by atoms with Gasteiger partial charge in [0.1, 0.15) is 5.75 Å². The summed E-state index contributed by atoms with van der Waals surface area (Å²) in [5, 5.41) is 23.3. The fraction of sp³-hybridized carbons (Fsp3) is 0.118. The van der Waals surface area contributed by atoms with Crippen molar-refractivity contribution in [2.75, 3.05) is 0 Å². The summed E-state index contributed by atoms with van der Waals surface area (Å²) < 4.78 is 5.44. The van der Waals surface area contributed by atoms with Gasteiger partial charge in [-0.1, -0.05) is 12.1 Å². The summed E-state index contributed by atoms with van der Waals surface area (Å²) in [6, 6.07) is 14.3. The SMILES string of the molecule is CC(Oc1ccc(C#N)cc1)C(=O)N/N=C/c1ccccc1[N+](=O)[O-]. The maximum absolute atomic E-state index is 11.9. The van der Waals surface area contributed by atoms with Gasteiger partial charge in [-0.25, -0.2) is 5.43 Å². The number of nitro benzene ring substituents is 1. The second kappa shape index (κ2) is 8.21. The van der Waals surface area contributed by atoms with Gasteiger partial charge in [0.15, 0.2) is 6.10 Å². The lowest BCUT2D eigenvalue weighted by Gasteiger charge is -2.12. The van der Waals surface area contributed by atoms with Crippen molar-refractivity contribution in [1.82, 2.24) is 5.43 Å². The maximum Gasteiger partial charge on any atom is 0.280 e. The lowest BCUT2D eigenvalue weighted by atomic mass is 10.2. The Balaban J connectivity index is 1.95. The van der Waals surface area contributed by atoms with Crippen LogP contribution in [0.4, 0.5) is 5.69 Å². The molecule has 0 aliphatic rings. The molecule has 2 aromatic rings. The molecular formula is C17H14N4O4. The first-order valence-electron chi connectivity index (χ1n) is 7.24. The predicted octanol–water partition coefficient (Wildman–Crippen LogP) is 2.38. The highest BCUT2D eigenvalue weighted by atomic mass is 16.6. The Morgan fingerprint density at radius 1 is 1.32 bits per heavy atom. The normalized spacial score (nSPS) is 11.5. The molecule has 0 aliphatic carbocycles. The Labute approximate surface area is 143 Å². The van der Waals surface area contributed by atoms with E-state index < -0.39 is 16.9 Å². The molecule has 0 heterocycles. The van der Waals surface area contributed by atoms with E-state index in [1.165, 1.54) is 25.3 Å². The lowest BCUT2D eigenvalue weighted by molar-refractivity contribution is -0.385. The standard InChI is InChI=1S/C17H14N4O4/c1-12(25-15-8-6-13(10-18)7-9-15)17(22)20-19-11-14-4-2-3-5-16(14)21(23)24/h2-9,11-12H,1H3,(H,20,22)/b19-11+. The molecule has 1 unspecified atom stereocenters. The molecule has 25 heavy (non-hydrogen) atoms. The number of hydrazone groups is 1. The molecule has 0 fully saturated rings. The molecule has 0 aromatic heterocycles. The van der Waals surface area contributed by atoms with Gasteiger partial charge in [-0.3, -0.25) is 14.9 Å². The summed E-state index contributed by atoms with van der Waals surface area (Å²) in [5.41, 5.74) is 2.92. The minimum atomic E-state index is -0.837. The molecule has 1 atom stereocenters. The van der Waals surface area contributed by atoms with Crippen LogP contribution in [0.15, 0.2) is 53.6 Å². The van der Waals surface area contributed by atoms with Crippen LogP contribution in [0, 0.1) is 21.4 Å². The predicted molar refractivity (Wildman–Crippen MR) is 90.1 cm³/mol. The zero-order valence-corrected chi connectivity index (χ0v) is 13.2. The summed E-state index contributed by atoms with van der Waals surface area (Å²) in [4.78, 5) is 22.3. The number of rotatable bonds is 6. The van der Waals surface area contributed by atoms with Gasteiger partial charge in [-0.2, -0.15) is 10.4 Å². The second-order valence-electron chi connectivity index (χ2n) is 4.95. The molecule has 126 valence electrons. The van der Waals surface area contributed by atoms with Crippen molar-refractivity contribution in [2.24, 2.45) is 5.10 Å². The average molecular weight is 338 g/mol. The van der Waals surface area contributed by atoms with E-state index in [-0.39, 0.29) is 11.3 Å². The third kappa shape index (κ3) is 4.87. The average Bonchev–Trinajstić information content (AvgIpc) is 2.62. The van der Waals surface area contributed by atoms with Crippen LogP contribution >= 0.6 is 0 Å². The van der Waals surface area contributed by atoms with Crippen LogP contribution in [0.3, 0.4) is 0 Å². The van der Waals surface area contributed by atoms with E-state index in [0.29, 0.717) is 11.3 Å².